The van der Waals surface area contributed by atoms with Crippen LogP contribution in [0.1, 0.15) is 20.3 Å². The number of amides is 1. The van der Waals surface area contributed by atoms with Crippen LogP contribution >= 0.6 is 0 Å². The second-order valence-electron chi connectivity index (χ2n) is 3.78. The molecule has 94 valence electrons. The zero-order chi connectivity index (χ0) is 12.7. The molecule has 1 aromatic rings. The normalized spacial score (nSPS) is 10.2. The standard InChI is InChI=1S/C13H20N2O2/c1-3-9-17-10-13(16)15(4-2)12-7-5-11(14)6-8-12/h5-8H,3-4,9-10,14H2,1-2H3. The van der Waals surface area contributed by atoms with Gasteiger partial charge < -0.3 is 15.4 Å². The number of carbonyl (C=O) groups is 1. The van der Waals surface area contributed by atoms with Gasteiger partial charge in [0.25, 0.3) is 5.91 Å². The minimum Gasteiger partial charge on any atom is -0.399 e. The second kappa shape index (κ2) is 6.91. The summed E-state index contributed by atoms with van der Waals surface area (Å²) in [5.74, 6) is -0.0225. The Morgan fingerprint density at radius 1 is 1.29 bits per heavy atom. The van der Waals surface area contributed by atoms with Crippen LogP contribution < -0.4 is 10.6 Å². The summed E-state index contributed by atoms with van der Waals surface area (Å²) < 4.78 is 5.26. The van der Waals surface area contributed by atoms with Crippen molar-refractivity contribution in [1.82, 2.24) is 0 Å². The van der Waals surface area contributed by atoms with E-state index in [-0.39, 0.29) is 12.5 Å². The molecule has 0 fully saturated rings. The van der Waals surface area contributed by atoms with Crippen LogP contribution in [-0.2, 0) is 9.53 Å². The van der Waals surface area contributed by atoms with E-state index in [9.17, 15) is 4.79 Å². The Morgan fingerprint density at radius 2 is 1.94 bits per heavy atom. The topological polar surface area (TPSA) is 55.6 Å². The molecule has 0 saturated heterocycles. The smallest absolute Gasteiger partial charge is 0.252 e. The molecule has 0 aliphatic rings. The van der Waals surface area contributed by atoms with Crippen molar-refractivity contribution in [3.63, 3.8) is 0 Å². The van der Waals surface area contributed by atoms with Crippen LogP contribution in [0.5, 0.6) is 0 Å². The number of ether oxygens (including phenoxy) is 1. The molecule has 17 heavy (non-hydrogen) atoms. The lowest BCUT2D eigenvalue weighted by Gasteiger charge is -2.21. The summed E-state index contributed by atoms with van der Waals surface area (Å²) in [6, 6.07) is 7.27. The Hall–Kier alpha value is -1.55. The Kier molecular flexibility index (Phi) is 5.49. The molecule has 0 aromatic heterocycles. The second-order valence-corrected chi connectivity index (χ2v) is 3.78. The van der Waals surface area contributed by atoms with Crippen molar-refractivity contribution in [3.05, 3.63) is 24.3 Å². The van der Waals surface area contributed by atoms with Crippen LogP contribution in [0.4, 0.5) is 11.4 Å². The van der Waals surface area contributed by atoms with E-state index in [1.165, 1.54) is 0 Å². The van der Waals surface area contributed by atoms with Crippen molar-refractivity contribution in [2.24, 2.45) is 0 Å². The van der Waals surface area contributed by atoms with E-state index in [0.29, 0.717) is 18.8 Å². The van der Waals surface area contributed by atoms with Gasteiger partial charge in [0.1, 0.15) is 6.61 Å². The third-order valence-electron chi connectivity index (χ3n) is 2.40. The quantitative estimate of drug-likeness (QED) is 0.607. The highest BCUT2D eigenvalue weighted by Gasteiger charge is 2.13. The van der Waals surface area contributed by atoms with E-state index in [4.69, 9.17) is 10.5 Å². The fraction of sp³-hybridized carbons (Fsp3) is 0.462. The summed E-state index contributed by atoms with van der Waals surface area (Å²) in [6.45, 7) is 5.32. The summed E-state index contributed by atoms with van der Waals surface area (Å²) in [4.78, 5) is 13.6. The van der Waals surface area contributed by atoms with E-state index >= 15 is 0 Å². The molecular formula is C13H20N2O2. The van der Waals surface area contributed by atoms with Crippen molar-refractivity contribution in [1.29, 1.82) is 0 Å². The maximum Gasteiger partial charge on any atom is 0.252 e. The molecule has 4 nitrogen and oxygen atoms in total. The van der Waals surface area contributed by atoms with Gasteiger partial charge in [0.05, 0.1) is 0 Å². The summed E-state index contributed by atoms with van der Waals surface area (Å²) in [5, 5.41) is 0. The Labute approximate surface area is 102 Å². The van der Waals surface area contributed by atoms with Crippen LogP contribution in [0.15, 0.2) is 24.3 Å². The molecule has 0 unspecified atom stereocenters. The fourth-order valence-electron chi connectivity index (χ4n) is 1.54. The van der Waals surface area contributed by atoms with E-state index in [0.717, 1.165) is 12.1 Å². The molecule has 0 heterocycles. The highest BCUT2D eigenvalue weighted by Crippen LogP contribution is 2.16. The van der Waals surface area contributed by atoms with Crippen molar-refractivity contribution >= 4 is 17.3 Å². The maximum atomic E-state index is 11.9. The monoisotopic (exact) mass is 236 g/mol. The van der Waals surface area contributed by atoms with Gasteiger partial charge in [-0.25, -0.2) is 0 Å². The fourth-order valence-corrected chi connectivity index (χ4v) is 1.54. The average Bonchev–Trinajstić information content (AvgIpc) is 2.33. The van der Waals surface area contributed by atoms with Gasteiger partial charge in [0.2, 0.25) is 0 Å². The molecule has 0 aliphatic heterocycles. The minimum absolute atomic E-state index is 0.0225. The van der Waals surface area contributed by atoms with Crippen molar-refractivity contribution in [3.8, 4) is 0 Å². The number of hydrogen-bond donors (Lipinski definition) is 1. The van der Waals surface area contributed by atoms with E-state index in [1.807, 2.05) is 26.0 Å². The molecule has 1 rings (SSSR count). The van der Waals surface area contributed by atoms with Gasteiger partial charge in [-0.15, -0.1) is 0 Å². The zero-order valence-electron chi connectivity index (χ0n) is 10.5. The number of hydrogen-bond acceptors (Lipinski definition) is 3. The number of nitrogens with two attached hydrogens (primary N) is 1. The van der Waals surface area contributed by atoms with Gasteiger partial charge in [0, 0.05) is 24.5 Å². The Morgan fingerprint density at radius 3 is 2.47 bits per heavy atom. The van der Waals surface area contributed by atoms with Gasteiger partial charge in [-0.2, -0.15) is 0 Å². The third-order valence-corrected chi connectivity index (χ3v) is 2.40. The predicted octanol–water partition coefficient (Wildman–Crippen LogP) is 2.05. The van der Waals surface area contributed by atoms with Gasteiger partial charge in [-0.1, -0.05) is 6.92 Å². The van der Waals surface area contributed by atoms with Crippen molar-refractivity contribution in [2.75, 3.05) is 30.4 Å². The Balaban J connectivity index is 2.64. The summed E-state index contributed by atoms with van der Waals surface area (Å²) in [6.07, 6.45) is 0.918. The van der Waals surface area contributed by atoms with Gasteiger partial charge >= 0.3 is 0 Å². The molecule has 0 aliphatic carbocycles. The van der Waals surface area contributed by atoms with Gasteiger partial charge in [-0.05, 0) is 37.6 Å². The average molecular weight is 236 g/mol. The van der Waals surface area contributed by atoms with E-state index in [1.54, 1.807) is 17.0 Å². The van der Waals surface area contributed by atoms with Crippen molar-refractivity contribution < 1.29 is 9.53 Å². The molecule has 0 bridgehead atoms. The first-order chi connectivity index (χ1) is 8.19. The molecule has 0 spiro atoms. The van der Waals surface area contributed by atoms with Crippen LogP contribution in [0.2, 0.25) is 0 Å². The first-order valence-electron chi connectivity index (χ1n) is 5.92. The van der Waals surface area contributed by atoms with E-state index < -0.39 is 0 Å². The number of anilines is 2. The molecule has 0 saturated carbocycles. The number of nitrogen functional groups attached to an aromatic ring is 1. The Bertz CT molecular complexity index is 349. The summed E-state index contributed by atoms with van der Waals surface area (Å²) >= 11 is 0. The lowest BCUT2D eigenvalue weighted by molar-refractivity contribution is -0.123. The number of rotatable bonds is 6. The van der Waals surface area contributed by atoms with Crippen LogP contribution in [0.25, 0.3) is 0 Å². The van der Waals surface area contributed by atoms with Crippen LogP contribution in [-0.4, -0.2) is 25.7 Å². The first kappa shape index (κ1) is 13.5. The lowest BCUT2D eigenvalue weighted by atomic mass is 10.2. The highest BCUT2D eigenvalue weighted by molar-refractivity contribution is 5.94. The first-order valence-corrected chi connectivity index (χ1v) is 5.92. The van der Waals surface area contributed by atoms with E-state index in [2.05, 4.69) is 0 Å². The highest BCUT2D eigenvalue weighted by atomic mass is 16.5. The largest absolute Gasteiger partial charge is 0.399 e. The molecule has 2 N–H and O–H groups in total. The van der Waals surface area contributed by atoms with Crippen LogP contribution in [0.3, 0.4) is 0 Å². The van der Waals surface area contributed by atoms with Crippen LogP contribution in [0, 0.1) is 0 Å². The van der Waals surface area contributed by atoms with Crippen molar-refractivity contribution in [2.45, 2.75) is 20.3 Å². The number of carbonyl (C=O) groups excluding carboxylic acids is 1. The predicted molar refractivity (Wildman–Crippen MR) is 70.0 cm³/mol. The molecule has 0 radical (unpaired) electrons. The number of nitrogens with zero attached hydrogens (tertiary/aromatic N) is 1. The zero-order valence-corrected chi connectivity index (χ0v) is 10.5. The molecule has 1 aromatic carbocycles. The molecular weight excluding hydrogens is 216 g/mol. The SMILES string of the molecule is CCCOCC(=O)N(CC)c1ccc(N)cc1. The number of benzene rings is 1. The third kappa shape index (κ3) is 4.07. The van der Waals surface area contributed by atoms with Gasteiger partial charge in [-0.3, -0.25) is 4.79 Å². The lowest BCUT2D eigenvalue weighted by Crippen LogP contribution is -2.33. The molecule has 4 heteroatoms. The molecule has 1 amide bonds. The summed E-state index contributed by atoms with van der Waals surface area (Å²) in [5.41, 5.74) is 7.16. The maximum absolute atomic E-state index is 11.9. The molecule has 0 atom stereocenters. The van der Waals surface area contributed by atoms with Gasteiger partial charge in [0.15, 0.2) is 0 Å². The summed E-state index contributed by atoms with van der Waals surface area (Å²) in [7, 11) is 0. The minimum atomic E-state index is -0.0225. The number of likely N-dealkylation sites (N-methyl/N-ethyl adjacent to an activating group) is 1.